The summed E-state index contributed by atoms with van der Waals surface area (Å²) in [6, 6.07) is 7.27. The molecule has 1 aromatic carbocycles. The molecule has 0 heterocycles. The van der Waals surface area contributed by atoms with E-state index in [2.05, 4.69) is 6.92 Å². The van der Waals surface area contributed by atoms with E-state index in [4.69, 9.17) is 20.9 Å². The summed E-state index contributed by atoms with van der Waals surface area (Å²) in [6.07, 6.45) is 2.98. The van der Waals surface area contributed by atoms with Crippen molar-refractivity contribution in [2.24, 2.45) is 5.73 Å². The van der Waals surface area contributed by atoms with Gasteiger partial charge in [-0.05, 0) is 30.7 Å². The van der Waals surface area contributed by atoms with Crippen LogP contribution in [0.3, 0.4) is 0 Å². The van der Waals surface area contributed by atoms with Gasteiger partial charge in [0.1, 0.15) is 11.9 Å². The average molecular weight is 266 g/mol. The first-order valence-corrected chi connectivity index (χ1v) is 6.56. The number of nitrogen functional groups attached to an aromatic ring is 1. The van der Waals surface area contributed by atoms with Crippen molar-refractivity contribution in [2.75, 3.05) is 12.3 Å². The van der Waals surface area contributed by atoms with Crippen molar-refractivity contribution in [1.82, 2.24) is 0 Å². The van der Waals surface area contributed by atoms with Gasteiger partial charge in [0.05, 0.1) is 6.61 Å². The van der Waals surface area contributed by atoms with E-state index in [1.807, 2.05) is 12.1 Å². The number of rotatable bonds is 8. The maximum atomic E-state index is 10.5. The lowest BCUT2D eigenvalue weighted by Crippen LogP contribution is -2.22. The predicted molar refractivity (Wildman–Crippen MR) is 74.9 cm³/mol. The summed E-state index contributed by atoms with van der Waals surface area (Å²) in [5, 5.41) is 0. The van der Waals surface area contributed by atoms with Crippen molar-refractivity contribution in [3.63, 3.8) is 0 Å². The molecule has 1 atom stereocenters. The van der Waals surface area contributed by atoms with E-state index in [0.29, 0.717) is 12.1 Å². The van der Waals surface area contributed by atoms with E-state index < -0.39 is 6.09 Å². The summed E-state index contributed by atoms with van der Waals surface area (Å²) < 4.78 is 10.6. The molecule has 0 saturated carbocycles. The summed E-state index contributed by atoms with van der Waals surface area (Å²) in [4.78, 5) is 10.5. The number of benzene rings is 1. The molecule has 0 aromatic heterocycles. The lowest BCUT2D eigenvalue weighted by Gasteiger charge is -2.19. The molecule has 1 amide bonds. The van der Waals surface area contributed by atoms with Gasteiger partial charge in [-0.25, -0.2) is 4.79 Å². The lowest BCUT2D eigenvalue weighted by molar-refractivity contribution is 0.117. The first kappa shape index (κ1) is 15.1. The van der Waals surface area contributed by atoms with Crippen molar-refractivity contribution in [3.05, 3.63) is 24.3 Å². The Bertz CT molecular complexity index is 379. The zero-order chi connectivity index (χ0) is 14.1. The van der Waals surface area contributed by atoms with Crippen molar-refractivity contribution in [2.45, 2.75) is 38.7 Å². The maximum Gasteiger partial charge on any atom is 0.404 e. The number of anilines is 1. The fourth-order valence-corrected chi connectivity index (χ4v) is 1.72. The van der Waals surface area contributed by atoms with Crippen molar-refractivity contribution < 1.29 is 14.3 Å². The summed E-state index contributed by atoms with van der Waals surface area (Å²) in [5.74, 6) is 0.773. The van der Waals surface area contributed by atoms with Gasteiger partial charge in [0.25, 0.3) is 0 Å². The molecule has 0 spiro atoms. The molecule has 0 bridgehead atoms. The number of carbonyl (C=O) groups excluding carboxylic acids is 1. The molecule has 5 nitrogen and oxygen atoms in total. The number of nitrogens with two attached hydrogens (primary N) is 2. The summed E-state index contributed by atoms with van der Waals surface area (Å²) >= 11 is 0. The molecule has 106 valence electrons. The third-order valence-electron chi connectivity index (χ3n) is 2.75. The maximum absolute atomic E-state index is 10.5. The molecule has 1 unspecified atom stereocenters. The SMILES string of the molecule is CCCCC(CCOC(N)=O)Oc1ccc(N)cc1. The highest BCUT2D eigenvalue weighted by molar-refractivity contribution is 5.64. The number of unbranched alkanes of at least 4 members (excludes halogenated alkanes) is 1. The number of hydrogen-bond acceptors (Lipinski definition) is 4. The number of carbonyl (C=O) groups is 1. The Labute approximate surface area is 113 Å². The standard InChI is InChI=1S/C14H22N2O3/c1-2-3-4-12(9-10-18-14(16)17)19-13-7-5-11(15)6-8-13/h5-8,12H,2-4,9-10,15H2,1H3,(H2,16,17). The van der Waals surface area contributed by atoms with E-state index in [0.717, 1.165) is 25.0 Å². The van der Waals surface area contributed by atoms with Crippen LogP contribution in [0.2, 0.25) is 0 Å². The van der Waals surface area contributed by atoms with E-state index in [1.54, 1.807) is 12.1 Å². The molecule has 0 radical (unpaired) electrons. The number of ether oxygens (including phenoxy) is 2. The van der Waals surface area contributed by atoms with E-state index >= 15 is 0 Å². The Morgan fingerprint density at radius 3 is 2.53 bits per heavy atom. The monoisotopic (exact) mass is 266 g/mol. The van der Waals surface area contributed by atoms with Crippen LogP contribution in [0.4, 0.5) is 10.5 Å². The topological polar surface area (TPSA) is 87.6 Å². The minimum Gasteiger partial charge on any atom is -0.490 e. The minimum atomic E-state index is -0.748. The molecule has 19 heavy (non-hydrogen) atoms. The van der Waals surface area contributed by atoms with Crippen LogP contribution in [0.15, 0.2) is 24.3 Å². The fourth-order valence-electron chi connectivity index (χ4n) is 1.72. The number of primary amides is 1. The summed E-state index contributed by atoms with van der Waals surface area (Å²) in [6.45, 7) is 2.40. The van der Waals surface area contributed by atoms with Crippen LogP contribution in [0.25, 0.3) is 0 Å². The van der Waals surface area contributed by atoms with E-state index in [9.17, 15) is 4.79 Å². The fraction of sp³-hybridized carbons (Fsp3) is 0.500. The van der Waals surface area contributed by atoms with Gasteiger partial charge in [-0.1, -0.05) is 19.8 Å². The van der Waals surface area contributed by atoms with E-state index in [-0.39, 0.29) is 12.7 Å². The average Bonchev–Trinajstić information content (AvgIpc) is 2.38. The molecular weight excluding hydrogens is 244 g/mol. The molecule has 0 aliphatic carbocycles. The molecule has 0 saturated heterocycles. The predicted octanol–water partition coefficient (Wildman–Crippen LogP) is 2.69. The normalized spacial score (nSPS) is 11.8. The molecule has 1 rings (SSSR count). The largest absolute Gasteiger partial charge is 0.490 e. The Morgan fingerprint density at radius 1 is 1.26 bits per heavy atom. The van der Waals surface area contributed by atoms with Crippen LogP contribution in [0, 0.1) is 0 Å². The minimum absolute atomic E-state index is 0.0166. The van der Waals surface area contributed by atoms with Crippen LogP contribution < -0.4 is 16.2 Å². The van der Waals surface area contributed by atoms with Crippen LogP contribution in [0.5, 0.6) is 5.75 Å². The molecule has 0 aliphatic rings. The summed E-state index contributed by atoms with van der Waals surface area (Å²) in [7, 11) is 0. The molecule has 0 fully saturated rings. The Balaban J connectivity index is 2.47. The summed E-state index contributed by atoms with van der Waals surface area (Å²) in [5.41, 5.74) is 11.3. The second-order valence-electron chi connectivity index (χ2n) is 4.41. The van der Waals surface area contributed by atoms with Crippen LogP contribution >= 0.6 is 0 Å². The zero-order valence-corrected chi connectivity index (χ0v) is 11.3. The molecular formula is C14H22N2O3. The molecule has 4 N–H and O–H groups in total. The first-order valence-electron chi connectivity index (χ1n) is 6.56. The van der Waals surface area contributed by atoms with Gasteiger partial charge in [0.2, 0.25) is 0 Å². The highest BCUT2D eigenvalue weighted by Crippen LogP contribution is 2.18. The highest BCUT2D eigenvalue weighted by Gasteiger charge is 2.11. The van der Waals surface area contributed by atoms with Gasteiger partial charge in [-0.3, -0.25) is 0 Å². The molecule has 0 aliphatic heterocycles. The first-order chi connectivity index (χ1) is 9.11. The lowest BCUT2D eigenvalue weighted by atomic mass is 10.1. The highest BCUT2D eigenvalue weighted by atomic mass is 16.5. The molecule has 1 aromatic rings. The Kier molecular flexibility index (Phi) is 6.57. The third-order valence-corrected chi connectivity index (χ3v) is 2.75. The van der Waals surface area contributed by atoms with Crippen LogP contribution in [0.1, 0.15) is 32.6 Å². The quantitative estimate of drug-likeness (QED) is 0.708. The van der Waals surface area contributed by atoms with Crippen LogP contribution in [-0.4, -0.2) is 18.8 Å². The second-order valence-corrected chi connectivity index (χ2v) is 4.41. The Hall–Kier alpha value is -1.91. The van der Waals surface area contributed by atoms with Crippen molar-refractivity contribution >= 4 is 11.8 Å². The van der Waals surface area contributed by atoms with Gasteiger partial charge < -0.3 is 20.9 Å². The van der Waals surface area contributed by atoms with Gasteiger partial charge >= 0.3 is 6.09 Å². The van der Waals surface area contributed by atoms with Crippen molar-refractivity contribution in [1.29, 1.82) is 0 Å². The van der Waals surface area contributed by atoms with Crippen molar-refractivity contribution in [3.8, 4) is 5.75 Å². The molecule has 5 heteroatoms. The Morgan fingerprint density at radius 2 is 1.95 bits per heavy atom. The van der Waals surface area contributed by atoms with Crippen LogP contribution in [-0.2, 0) is 4.74 Å². The van der Waals surface area contributed by atoms with Gasteiger partial charge in [-0.15, -0.1) is 0 Å². The van der Waals surface area contributed by atoms with Gasteiger partial charge in [0, 0.05) is 12.1 Å². The zero-order valence-electron chi connectivity index (χ0n) is 11.3. The number of hydrogen-bond donors (Lipinski definition) is 2. The third kappa shape index (κ3) is 6.55. The second kappa shape index (κ2) is 8.24. The van der Waals surface area contributed by atoms with E-state index in [1.165, 1.54) is 0 Å². The van der Waals surface area contributed by atoms with Gasteiger partial charge in [-0.2, -0.15) is 0 Å². The van der Waals surface area contributed by atoms with Gasteiger partial charge in [0.15, 0.2) is 0 Å². The number of amides is 1. The smallest absolute Gasteiger partial charge is 0.404 e.